The molecule has 0 aromatic rings. The number of allylic oxidation sites excluding steroid dienone is 2. The Hall–Kier alpha value is -0.455. The summed E-state index contributed by atoms with van der Waals surface area (Å²) in [5.74, 6) is 4.36. The lowest BCUT2D eigenvalue weighted by Gasteiger charge is -1.85. The molecular weight excluding hydrogens is 70.9 g/mol. The molecule has 0 fully saturated rings. The van der Waals surface area contributed by atoms with E-state index in [1.807, 2.05) is 0 Å². The second kappa shape index (κ2) is 1.86. The summed E-state index contributed by atoms with van der Waals surface area (Å²) in [5.41, 5.74) is 0. The van der Waals surface area contributed by atoms with Crippen molar-refractivity contribution in [1.29, 1.82) is 0 Å². The SMILES string of the molecule is B1C=CCC=C1. The van der Waals surface area contributed by atoms with Gasteiger partial charge in [0.1, 0.15) is 0 Å². The highest BCUT2D eigenvalue weighted by molar-refractivity contribution is 6.48. The van der Waals surface area contributed by atoms with Crippen molar-refractivity contribution in [2.75, 3.05) is 0 Å². The molecule has 1 heteroatoms. The molecule has 1 heterocycles. The predicted octanol–water partition coefficient (Wildman–Crippen LogP) is 0.854. The Bertz CT molecular complexity index is 61.9. The van der Waals surface area contributed by atoms with E-state index in [1.165, 1.54) is 0 Å². The molecule has 0 unspecified atom stereocenters. The van der Waals surface area contributed by atoms with Gasteiger partial charge in [-0.3, -0.25) is 0 Å². The summed E-state index contributed by atoms with van der Waals surface area (Å²) in [6.07, 6.45) is 5.50. The predicted molar refractivity (Wildman–Crippen MR) is 30.0 cm³/mol. The zero-order chi connectivity index (χ0) is 4.24. The number of hydrogen-bond acceptors (Lipinski definition) is 0. The molecule has 1 aliphatic rings. The van der Waals surface area contributed by atoms with Gasteiger partial charge < -0.3 is 0 Å². The minimum Gasteiger partial charge on any atom is -0.118 e. The van der Waals surface area contributed by atoms with Crippen LogP contribution in [0.1, 0.15) is 6.42 Å². The Kier molecular flexibility index (Phi) is 1.15. The van der Waals surface area contributed by atoms with Gasteiger partial charge in [-0.1, -0.05) is 12.2 Å². The van der Waals surface area contributed by atoms with Crippen LogP contribution >= 0.6 is 0 Å². The van der Waals surface area contributed by atoms with Gasteiger partial charge in [-0.25, -0.2) is 0 Å². The van der Waals surface area contributed by atoms with Crippen LogP contribution in [-0.2, 0) is 0 Å². The Morgan fingerprint density at radius 2 is 1.83 bits per heavy atom. The van der Waals surface area contributed by atoms with Crippen LogP contribution in [0.3, 0.4) is 0 Å². The van der Waals surface area contributed by atoms with Crippen LogP contribution in [0.15, 0.2) is 24.1 Å². The lowest BCUT2D eigenvalue weighted by Crippen LogP contribution is -1.80. The van der Waals surface area contributed by atoms with Crippen LogP contribution in [0.25, 0.3) is 0 Å². The van der Waals surface area contributed by atoms with Gasteiger partial charge in [-0.2, -0.15) is 0 Å². The van der Waals surface area contributed by atoms with E-state index >= 15 is 0 Å². The summed E-state index contributed by atoms with van der Waals surface area (Å²) < 4.78 is 0. The van der Waals surface area contributed by atoms with E-state index in [0.29, 0.717) is 0 Å². The van der Waals surface area contributed by atoms with Crippen LogP contribution < -0.4 is 0 Å². The molecule has 1 rings (SSSR count). The molecule has 30 valence electrons. The van der Waals surface area contributed by atoms with Crippen molar-refractivity contribution in [3.63, 3.8) is 0 Å². The Morgan fingerprint density at radius 3 is 2.00 bits per heavy atom. The van der Waals surface area contributed by atoms with Crippen LogP contribution in [0.5, 0.6) is 0 Å². The molecule has 0 aromatic carbocycles. The van der Waals surface area contributed by atoms with Crippen LogP contribution in [0, 0.1) is 0 Å². The topological polar surface area (TPSA) is 0 Å². The molecule has 0 radical (unpaired) electrons. The van der Waals surface area contributed by atoms with Crippen molar-refractivity contribution in [3.05, 3.63) is 24.1 Å². The first kappa shape index (κ1) is 3.73. The zero-order valence-electron chi connectivity index (χ0n) is 3.72. The van der Waals surface area contributed by atoms with Gasteiger partial charge in [-0.05, 0) is 6.42 Å². The van der Waals surface area contributed by atoms with Crippen molar-refractivity contribution in [2.24, 2.45) is 0 Å². The molecule has 0 N–H and O–H groups in total. The third-order valence-corrected chi connectivity index (χ3v) is 0.878. The smallest absolute Gasteiger partial charge is 0.118 e. The molecule has 6 heavy (non-hydrogen) atoms. The monoisotopic (exact) mass is 78.1 g/mol. The zero-order valence-corrected chi connectivity index (χ0v) is 3.72. The highest BCUT2D eigenvalue weighted by atomic mass is 13.7. The Balaban J connectivity index is 2.40. The summed E-state index contributed by atoms with van der Waals surface area (Å²) in [6.45, 7) is 0. The maximum absolute atomic E-state index is 2.18. The normalized spacial score (nSPS) is 17.3. The van der Waals surface area contributed by atoms with Crippen molar-refractivity contribution >= 4 is 7.28 Å². The van der Waals surface area contributed by atoms with Crippen molar-refractivity contribution in [2.45, 2.75) is 6.42 Å². The molecule has 0 bridgehead atoms. The van der Waals surface area contributed by atoms with Gasteiger partial charge in [0.15, 0.2) is 7.28 Å². The fourth-order valence-corrected chi connectivity index (χ4v) is 0.542. The molecule has 0 amide bonds. The van der Waals surface area contributed by atoms with Gasteiger partial charge >= 0.3 is 0 Å². The van der Waals surface area contributed by atoms with Crippen LogP contribution in [-0.4, -0.2) is 7.28 Å². The molecule has 0 saturated carbocycles. The first-order valence-corrected chi connectivity index (χ1v) is 2.30. The molecule has 0 spiro atoms. The summed E-state index contributed by atoms with van der Waals surface area (Å²) in [5, 5.41) is 0. The largest absolute Gasteiger partial charge is 0.172 e. The third-order valence-electron chi connectivity index (χ3n) is 0.878. The van der Waals surface area contributed by atoms with E-state index in [1.54, 1.807) is 0 Å². The second-order valence-electron chi connectivity index (χ2n) is 1.41. The average Bonchev–Trinajstić information content (AvgIpc) is 1.72. The van der Waals surface area contributed by atoms with E-state index in [-0.39, 0.29) is 0 Å². The molecule has 0 aliphatic carbocycles. The number of hydrogen-bond donors (Lipinski definition) is 0. The van der Waals surface area contributed by atoms with Crippen molar-refractivity contribution in [3.8, 4) is 0 Å². The first-order chi connectivity index (χ1) is 3.00. The van der Waals surface area contributed by atoms with E-state index in [2.05, 4.69) is 24.1 Å². The molecule has 1 aliphatic heterocycles. The van der Waals surface area contributed by atoms with Gasteiger partial charge in [0, 0.05) is 0 Å². The summed E-state index contributed by atoms with van der Waals surface area (Å²) in [6, 6.07) is 0. The Labute approximate surface area is 38.8 Å². The summed E-state index contributed by atoms with van der Waals surface area (Å²) >= 11 is 0. The molecule has 0 atom stereocenters. The van der Waals surface area contributed by atoms with E-state index in [4.69, 9.17) is 0 Å². The lowest BCUT2D eigenvalue weighted by atomic mass is 9.76. The van der Waals surface area contributed by atoms with Crippen LogP contribution in [0.2, 0.25) is 0 Å². The summed E-state index contributed by atoms with van der Waals surface area (Å²) in [7, 11) is 1.14. The molecule has 0 saturated heterocycles. The maximum atomic E-state index is 2.18. The maximum Gasteiger partial charge on any atom is 0.172 e. The molecule has 0 aromatic heterocycles. The van der Waals surface area contributed by atoms with Crippen LogP contribution in [0.4, 0.5) is 0 Å². The van der Waals surface area contributed by atoms with Crippen molar-refractivity contribution < 1.29 is 0 Å². The van der Waals surface area contributed by atoms with Gasteiger partial charge in [0.05, 0.1) is 0 Å². The van der Waals surface area contributed by atoms with E-state index in [9.17, 15) is 0 Å². The lowest BCUT2D eigenvalue weighted by molar-refractivity contribution is 1.40. The highest BCUT2D eigenvalue weighted by Crippen LogP contribution is 1.89. The molecular formula is C5H7B. The van der Waals surface area contributed by atoms with Gasteiger partial charge in [0.2, 0.25) is 0 Å². The molecule has 0 nitrogen and oxygen atoms in total. The fourth-order valence-electron chi connectivity index (χ4n) is 0.542. The number of rotatable bonds is 0. The minimum absolute atomic E-state index is 1.14. The standard InChI is InChI=1S/C5H7B/c1-2-4-6-5-3-1/h2-6H,1H2. The fraction of sp³-hybridized carbons (Fsp3) is 0.200. The van der Waals surface area contributed by atoms with E-state index < -0.39 is 0 Å². The highest BCUT2D eigenvalue weighted by Gasteiger charge is 1.78. The van der Waals surface area contributed by atoms with Gasteiger partial charge in [0.25, 0.3) is 0 Å². The average molecular weight is 77.9 g/mol. The minimum atomic E-state index is 1.14. The van der Waals surface area contributed by atoms with E-state index in [0.717, 1.165) is 13.7 Å². The van der Waals surface area contributed by atoms with Crippen molar-refractivity contribution in [1.82, 2.24) is 0 Å². The quantitative estimate of drug-likeness (QED) is 0.377. The third kappa shape index (κ3) is 0.747. The Morgan fingerprint density at radius 1 is 1.17 bits per heavy atom. The first-order valence-electron chi connectivity index (χ1n) is 2.30. The second-order valence-corrected chi connectivity index (χ2v) is 1.41. The summed E-state index contributed by atoms with van der Waals surface area (Å²) in [4.78, 5) is 0. The van der Waals surface area contributed by atoms with Gasteiger partial charge in [-0.15, -0.1) is 12.0 Å².